The molecule has 0 unspecified atom stereocenters. The normalized spacial score (nSPS) is 26.2. The van der Waals surface area contributed by atoms with Crippen molar-refractivity contribution in [3.05, 3.63) is 23.0 Å². The minimum Gasteiger partial charge on any atom is -0.456 e. The molecule has 4 rings (SSSR count). The summed E-state index contributed by atoms with van der Waals surface area (Å²) >= 11 is 0. The Morgan fingerprint density at radius 2 is 1.93 bits per heavy atom. The smallest absolute Gasteiger partial charge is 0.326 e. The number of carbonyl (C=O) groups is 4. The first-order chi connectivity index (χ1) is 14.2. The van der Waals surface area contributed by atoms with Gasteiger partial charge in [0.1, 0.15) is 12.1 Å². The van der Waals surface area contributed by atoms with Crippen LogP contribution in [0.1, 0.15) is 73.2 Å². The zero-order valence-corrected chi connectivity index (χ0v) is 17.8. The van der Waals surface area contributed by atoms with E-state index < -0.39 is 30.7 Å². The number of ketones is 1. The lowest BCUT2D eigenvalue weighted by molar-refractivity contribution is -0.147. The third kappa shape index (κ3) is 3.42. The summed E-state index contributed by atoms with van der Waals surface area (Å²) in [5, 5.41) is 2.81. The number of ether oxygens (including phenoxy) is 1. The van der Waals surface area contributed by atoms with Crippen LogP contribution >= 0.6 is 0 Å². The molecule has 0 radical (unpaired) electrons. The molecule has 162 valence electrons. The van der Waals surface area contributed by atoms with Gasteiger partial charge in [-0.3, -0.25) is 19.3 Å². The Balaban J connectivity index is 1.36. The number of aromatic nitrogens is 1. The summed E-state index contributed by atoms with van der Waals surface area (Å²) in [4.78, 5) is 51.1. The topological polar surface area (TPSA) is 97.7 Å². The standard InChI is InChI=1S/C22H29N3O5/c1-13-6-4-5-9-22(13)20(28)24(21(29)23-22)11-19(27)30-12-18(26)17-10-14(2)25(15(17)3)16-7-8-16/h10,13,16H,4-9,11-12H2,1-3H3,(H,23,29)/t13-,22-/m0/s1. The Morgan fingerprint density at radius 1 is 1.20 bits per heavy atom. The average Bonchev–Trinajstić information content (AvgIpc) is 3.45. The van der Waals surface area contributed by atoms with Crippen molar-refractivity contribution in [2.45, 2.75) is 70.9 Å². The Labute approximate surface area is 175 Å². The van der Waals surface area contributed by atoms with E-state index in [2.05, 4.69) is 9.88 Å². The number of aryl methyl sites for hydroxylation is 1. The van der Waals surface area contributed by atoms with E-state index in [-0.39, 0.29) is 17.6 Å². The molecule has 1 N–H and O–H groups in total. The lowest BCUT2D eigenvalue weighted by atomic mass is 9.73. The van der Waals surface area contributed by atoms with E-state index in [1.54, 1.807) is 0 Å². The van der Waals surface area contributed by atoms with E-state index in [1.165, 1.54) is 0 Å². The van der Waals surface area contributed by atoms with Gasteiger partial charge in [0.15, 0.2) is 6.61 Å². The fourth-order valence-electron chi connectivity index (χ4n) is 4.99. The number of Topliss-reactive ketones (excluding diaryl/α,β-unsaturated/α-hetero) is 1. The number of amides is 3. The number of esters is 1. The Morgan fingerprint density at radius 3 is 2.60 bits per heavy atom. The van der Waals surface area contributed by atoms with Gasteiger partial charge in [0.2, 0.25) is 5.78 Å². The maximum absolute atomic E-state index is 12.9. The lowest BCUT2D eigenvalue weighted by Crippen LogP contribution is -2.54. The van der Waals surface area contributed by atoms with Gasteiger partial charge in [-0.05, 0) is 51.5 Å². The molecule has 0 bridgehead atoms. The van der Waals surface area contributed by atoms with Gasteiger partial charge in [-0.15, -0.1) is 0 Å². The second kappa shape index (κ2) is 7.56. The highest BCUT2D eigenvalue weighted by molar-refractivity contribution is 6.09. The summed E-state index contributed by atoms with van der Waals surface area (Å²) in [5.74, 6) is -1.38. The van der Waals surface area contributed by atoms with Gasteiger partial charge >= 0.3 is 12.0 Å². The largest absolute Gasteiger partial charge is 0.456 e. The number of nitrogens with zero attached hydrogens (tertiary/aromatic N) is 2. The quantitative estimate of drug-likeness (QED) is 0.438. The van der Waals surface area contributed by atoms with Gasteiger partial charge in [0.05, 0.1) is 0 Å². The van der Waals surface area contributed by atoms with E-state index >= 15 is 0 Å². The van der Waals surface area contributed by atoms with E-state index in [9.17, 15) is 19.2 Å². The summed E-state index contributed by atoms with van der Waals surface area (Å²) in [6.07, 6.45) is 5.56. The Hall–Kier alpha value is -2.64. The summed E-state index contributed by atoms with van der Waals surface area (Å²) < 4.78 is 7.29. The van der Waals surface area contributed by atoms with Crippen LogP contribution in [-0.2, 0) is 14.3 Å². The molecule has 1 saturated heterocycles. The fraction of sp³-hybridized carbons (Fsp3) is 0.636. The predicted octanol–water partition coefficient (Wildman–Crippen LogP) is 2.67. The zero-order chi connectivity index (χ0) is 21.6. The first kappa shape index (κ1) is 20.6. The van der Waals surface area contributed by atoms with Crippen LogP contribution in [0.15, 0.2) is 6.07 Å². The maximum Gasteiger partial charge on any atom is 0.326 e. The van der Waals surface area contributed by atoms with Gasteiger partial charge in [-0.1, -0.05) is 19.8 Å². The second-order valence-electron chi connectivity index (χ2n) is 8.91. The molecule has 3 amide bonds. The van der Waals surface area contributed by atoms with Crippen LogP contribution in [-0.4, -0.2) is 51.8 Å². The number of carbonyl (C=O) groups excluding carboxylic acids is 4. The van der Waals surface area contributed by atoms with Crippen molar-refractivity contribution in [1.29, 1.82) is 0 Å². The van der Waals surface area contributed by atoms with Crippen LogP contribution < -0.4 is 5.32 Å². The first-order valence-electron chi connectivity index (χ1n) is 10.8. The highest BCUT2D eigenvalue weighted by atomic mass is 16.5. The third-order valence-electron chi connectivity index (χ3n) is 6.85. The number of imide groups is 1. The van der Waals surface area contributed by atoms with Gasteiger partial charge in [0, 0.05) is 23.0 Å². The van der Waals surface area contributed by atoms with Crippen LogP contribution in [0.3, 0.4) is 0 Å². The van der Waals surface area contributed by atoms with Gasteiger partial charge in [0.25, 0.3) is 5.91 Å². The molecule has 1 aromatic rings. The van der Waals surface area contributed by atoms with Gasteiger partial charge < -0.3 is 14.6 Å². The minimum absolute atomic E-state index is 0.0204. The number of urea groups is 1. The van der Waals surface area contributed by atoms with Crippen LogP contribution in [0.2, 0.25) is 0 Å². The zero-order valence-electron chi connectivity index (χ0n) is 17.8. The molecular weight excluding hydrogens is 386 g/mol. The summed E-state index contributed by atoms with van der Waals surface area (Å²) in [6.45, 7) is 4.94. The SMILES string of the molecule is Cc1cc(C(=O)COC(=O)CN2C(=O)N[C@]3(CCCC[C@@H]3C)C2=O)c(C)n1C1CC1. The Kier molecular flexibility index (Phi) is 5.20. The molecule has 2 saturated carbocycles. The number of rotatable bonds is 6. The second-order valence-corrected chi connectivity index (χ2v) is 8.91. The van der Waals surface area contributed by atoms with E-state index in [0.717, 1.165) is 48.4 Å². The van der Waals surface area contributed by atoms with E-state index in [4.69, 9.17) is 4.74 Å². The van der Waals surface area contributed by atoms with Gasteiger partial charge in [-0.25, -0.2) is 4.79 Å². The molecule has 0 aromatic carbocycles. The van der Waals surface area contributed by atoms with Crippen molar-refractivity contribution in [1.82, 2.24) is 14.8 Å². The van der Waals surface area contributed by atoms with Crippen molar-refractivity contribution in [3.63, 3.8) is 0 Å². The molecule has 3 fully saturated rings. The fourth-order valence-corrected chi connectivity index (χ4v) is 4.99. The maximum atomic E-state index is 12.9. The molecule has 2 heterocycles. The van der Waals surface area contributed by atoms with Crippen LogP contribution in [0, 0.1) is 19.8 Å². The van der Waals surface area contributed by atoms with Gasteiger partial charge in [-0.2, -0.15) is 0 Å². The lowest BCUT2D eigenvalue weighted by Gasteiger charge is -2.36. The molecule has 1 aliphatic heterocycles. The Bertz CT molecular complexity index is 916. The van der Waals surface area contributed by atoms with Crippen molar-refractivity contribution in [2.24, 2.45) is 5.92 Å². The van der Waals surface area contributed by atoms with Crippen LogP contribution in [0.4, 0.5) is 4.79 Å². The summed E-state index contributed by atoms with van der Waals surface area (Å²) in [7, 11) is 0. The first-order valence-corrected chi connectivity index (χ1v) is 10.8. The van der Waals surface area contributed by atoms with E-state index in [1.807, 2.05) is 26.8 Å². The highest BCUT2D eigenvalue weighted by Gasteiger charge is 2.55. The van der Waals surface area contributed by atoms with Crippen LogP contribution in [0.5, 0.6) is 0 Å². The van der Waals surface area contributed by atoms with E-state index in [0.29, 0.717) is 18.0 Å². The predicted molar refractivity (Wildman–Crippen MR) is 108 cm³/mol. The molecule has 8 nitrogen and oxygen atoms in total. The molecule has 1 spiro atoms. The molecule has 8 heteroatoms. The van der Waals surface area contributed by atoms with Crippen LogP contribution in [0.25, 0.3) is 0 Å². The summed E-state index contributed by atoms with van der Waals surface area (Å²) in [6, 6.07) is 1.73. The monoisotopic (exact) mass is 415 g/mol. The number of nitrogens with one attached hydrogen (secondary N) is 1. The number of hydrogen-bond donors (Lipinski definition) is 1. The van der Waals surface area contributed by atoms with Crippen molar-refractivity contribution in [2.75, 3.05) is 13.2 Å². The molecule has 1 aromatic heterocycles. The molecule has 2 aliphatic carbocycles. The van der Waals surface area contributed by atoms with Crippen molar-refractivity contribution < 1.29 is 23.9 Å². The molecule has 2 atom stereocenters. The third-order valence-corrected chi connectivity index (χ3v) is 6.85. The van der Waals surface area contributed by atoms with Crippen molar-refractivity contribution >= 4 is 23.7 Å². The minimum atomic E-state index is -0.911. The summed E-state index contributed by atoms with van der Waals surface area (Å²) in [5.41, 5.74) is 1.55. The molecule has 3 aliphatic rings. The van der Waals surface area contributed by atoms with Crippen molar-refractivity contribution in [3.8, 4) is 0 Å². The molecule has 30 heavy (non-hydrogen) atoms. The molecular formula is C22H29N3O5. The average molecular weight is 415 g/mol. The highest BCUT2D eigenvalue weighted by Crippen LogP contribution is 2.39. The number of hydrogen-bond acceptors (Lipinski definition) is 5.